The smallest absolute Gasteiger partial charge is 0.255 e. The summed E-state index contributed by atoms with van der Waals surface area (Å²) in [6.45, 7) is 2.32. The molecule has 0 aliphatic rings. The molecule has 4 N–H and O–H groups in total. The molecule has 0 aliphatic carbocycles. The lowest BCUT2D eigenvalue weighted by Crippen LogP contribution is -2.42. The van der Waals surface area contributed by atoms with Crippen LogP contribution in [0.15, 0.2) is 61.2 Å². The third kappa shape index (κ3) is 4.82. The van der Waals surface area contributed by atoms with Crippen LogP contribution in [0.4, 0.5) is 15.8 Å². The number of carbonyl (C=O) groups excluding carboxylic acids is 1. The Labute approximate surface area is 210 Å². The van der Waals surface area contributed by atoms with Crippen molar-refractivity contribution in [3.05, 3.63) is 72.3 Å². The van der Waals surface area contributed by atoms with Gasteiger partial charge in [-0.2, -0.15) is 10.4 Å². The van der Waals surface area contributed by atoms with Crippen molar-refractivity contribution in [1.29, 1.82) is 5.26 Å². The second kappa shape index (κ2) is 9.33. The Bertz CT molecular complexity index is 1660. The van der Waals surface area contributed by atoms with Crippen molar-refractivity contribution in [2.45, 2.75) is 25.6 Å². The first-order valence-corrected chi connectivity index (χ1v) is 11.5. The number of hydrogen-bond acceptors (Lipinski definition) is 7. The number of rotatable bonds is 7. The van der Waals surface area contributed by atoms with Gasteiger partial charge in [0.1, 0.15) is 12.2 Å². The number of hydrogen-bond donors (Lipinski definition) is 4. The summed E-state index contributed by atoms with van der Waals surface area (Å²) in [4.78, 5) is 24.8. The Hall–Kier alpha value is -4.82. The van der Waals surface area contributed by atoms with Gasteiger partial charge in [-0.05, 0) is 56.3 Å². The van der Waals surface area contributed by atoms with Crippen molar-refractivity contribution in [1.82, 2.24) is 29.9 Å². The molecule has 37 heavy (non-hydrogen) atoms. The second-order valence-electron chi connectivity index (χ2n) is 9.12. The van der Waals surface area contributed by atoms with Crippen molar-refractivity contribution in [2.75, 3.05) is 11.9 Å². The quantitative estimate of drug-likeness (QED) is 0.268. The Balaban J connectivity index is 1.52. The molecule has 0 radical (unpaired) electrons. The van der Waals surface area contributed by atoms with Crippen LogP contribution in [0.1, 0.15) is 29.8 Å². The summed E-state index contributed by atoms with van der Waals surface area (Å²) < 4.78 is 15.9. The molecule has 1 amide bonds. The molecule has 5 aromatic rings. The number of H-pyrrole nitrogens is 1. The molecule has 186 valence electrons. The molecule has 0 fully saturated rings. The number of aliphatic hydroxyl groups is 1. The zero-order chi connectivity index (χ0) is 26.2. The number of benzene rings is 1. The number of halogens is 1. The van der Waals surface area contributed by atoms with E-state index in [0.717, 1.165) is 16.6 Å². The highest BCUT2D eigenvalue weighted by Gasteiger charge is 2.27. The van der Waals surface area contributed by atoms with Crippen molar-refractivity contribution in [3.63, 3.8) is 0 Å². The number of imidazole rings is 1. The molecular formula is C26H23FN8O2. The minimum Gasteiger partial charge on any atom is -0.387 e. The number of amides is 1. The Kier molecular flexibility index (Phi) is 6.02. The first-order valence-electron chi connectivity index (χ1n) is 11.5. The zero-order valence-corrected chi connectivity index (χ0v) is 20.0. The maximum Gasteiger partial charge on any atom is 0.255 e. The SMILES string of the molecule is CC(C)(O)C(F)CNC(=O)c1cnc(-c2ccc3cc(C#N)cnn23)cc1Nc1ccc2nc[nH]c2c1. The molecule has 10 nitrogen and oxygen atoms in total. The molecule has 11 heteroatoms. The Morgan fingerprint density at radius 1 is 1.22 bits per heavy atom. The van der Waals surface area contributed by atoms with Gasteiger partial charge in [-0.3, -0.25) is 9.78 Å². The van der Waals surface area contributed by atoms with Crippen LogP contribution >= 0.6 is 0 Å². The number of nitrogens with zero attached hydrogens (tertiary/aromatic N) is 5. The number of fused-ring (bicyclic) bond motifs is 2. The summed E-state index contributed by atoms with van der Waals surface area (Å²) in [6.07, 6.45) is 2.81. The maximum atomic E-state index is 14.3. The van der Waals surface area contributed by atoms with Gasteiger partial charge in [0.15, 0.2) is 0 Å². The molecule has 0 saturated carbocycles. The third-order valence-electron chi connectivity index (χ3n) is 5.95. The van der Waals surface area contributed by atoms with Crippen LogP contribution in [-0.2, 0) is 0 Å². The van der Waals surface area contributed by atoms with Gasteiger partial charge in [0.05, 0.1) is 69.4 Å². The topological polar surface area (TPSA) is 144 Å². The van der Waals surface area contributed by atoms with Crippen LogP contribution in [0.3, 0.4) is 0 Å². The summed E-state index contributed by atoms with van der Waals surface area (Å²) in [5.41, 5.74) is 3.67. The predicted octanol–water partition coefficient (Wildman–Crippen LogP) is 3.73. The monoisotopic (exact) mass is 498 g/mol. The van der Waals surface area contributed by atoms with Crippen molar-refractivity contribution in [2.24, 2.45) is 0 Å². The first-order chi connectivity index (χ1) is 17.7. The third-order valence-corrected chi connectivity index (χ3v) is 5.95. The fourth-order valence-electron chi connectivity index (χ4n) is 3.83. The first kappa shape index (κ1) is 23.9. The molecule has 0 aliphatic heterocycles. The van der Waals surface area contributed by atoms with Crippen LogP contribution < -0.4 is 10.6 Å². The number of aromatic amines is 1. The van der Waals surface area contributed by atoms with E-state index in [2.05, 4.69) is 36.8 Å². The average molecular weight is 499 g/mol. The van der Waals surface area contributed by atoms with Gasteiger partial charge >= 0.3 is 0 Å². The molecule has 4 aromatic heterocycles. The van der Waals surface area contributed by atoms with E-state index in [9.17, 15) is 14.3 Å². The van der Waals surface area contributed by atoms with Crippen LogP contribution in [-0.4, -0.2) is 53.9 Å². The lowest BCUT2D eigenvalue weighted by atomic mass is 10.0. The highest BCUT2D eigenvalue weighted by atomic mass is 19.1. The van der Waals surface area contributed by atoms with Crippen LogP contribution in [0.2, 0.25) is 0 Å². The van der Waals surface area contributed by atoms with E-state index in [-0.39, 0.29) is 12.1 Å². The van der Waals surface area contributed by atoms with Gasteiger partial charge in [-0.1, -0.05) is 0 Å². The summed E-state index contributed by atoms with van der Waals surface area (Å²) in [5, 5.41) is 29.1. The zero-order valence-electron chi connectivity index (χ0n) is 20.0. The number of alkyl halides is 1. The van der Waals surface area contributed by atoms with Gasteiger partial charge < -0.3 is 20.7 Å². The summed E-state index contributed by atoms with van der Waals surface area (Å²) in [7, 11) is 0. The van der Waals surface area contributed by atoms with Crippen LogP contribution in [0, 0.1) is 11.3 Å². The summed E-state index contributed by atoms with van der Waals surface area (Å²) >= 11 is 0. The maximum absolute atomic E-state index is 14.3. The highest BCUT2D eigenvalue weighted by molar-refractivity contribution is 6.01. The average Bonchev–Trinajstić information content (AvgIpc) is 3.52. The standard InChI is InChI=1S/C26H23FN8O2/c1-26(2,37)24(27)13-30-25(36)18-12-29-22(23-6-4-17-7-15(10-28)11-33-35(17)23)9-20(18)34-16-3-5-19-21(8-16)32-14-31-19/h3-9,11-12,14,24,37H,13H2,1-2H3,(H,29,34)(H,30,36)(H,31,32). The van der Waals surface area contributed by atoms with Gasteiger partial charge in [-0.15, -0.1) is 0 Å². The lowest BCUT2D eigenvalue weighted by molar-refractivity contribution is -0.00177. The van der Waals surface area contributed by atoms with Gasteiger partial charge in [0, 0.05) is 11.9 Å². The molecule has 0 spiro atoms. The van der Waals surface area contributed by atoms with E-state index in [4.69, 9.17) is 5.26 Å². The molecule has 1 unspecified atom stereocenters. The van der Waals surface area contributed by atoms with E-state index in [1.807, 2.05) is 30.3 Å². The van der Waals surface area contributed by atoms with E-state index in [0.29, 0.717) is 28.3 Å². The number of pyridine rings is 1. The minimum absolute atomic E-state index is 0.192. The number of carbonyl (C=O) groups is 1. The number of anilines is 2. The Morgan fingerprint density at radius 3 is 2.84 bits per heavy atom. The van der Waals surface area contributed by atoms with Crippen molar-refractivity contribution in [3.8, 4) is 17.5 Å². The number of aromatic nitrogens is 5. The van der Waals surface area contributed by atoms with Gasteiger partial charge in [-0.25, -0.2) is 13.9 Å². The van der Waals surface area contributed by atoms with Crippen LogP contribution in [0.5, 0.6) is 0 Å². The van der Waals surface area contributed by atoms with E-state index in [1.54, 1.807) is 23.0 Å². The lowest BCUT2D eigenvalue weighted by Gasteiger charge is -2.22. The molecular weight excluding hydrogens is 475 g/mol. The Morgan fingerprint density at radius 2 is 2.05 bits per heavy atom. The summed E-state index contributed by atoms with van der Waals surface area (Å²) in [6, 6.07) is 14.7. The number of nitriles is 1. The fraction of sp³-hybridized carbons (Fsp3) is 0.192. The second-order valence-corrected chi connectivity index (χ2v) is 9.12. The predicted molar refractivity (Wildman–Crippen MR) is 136 cm³/mol. The molecule has 5 rings (SSSR count). The molecule has 0 bridgehead atoms. The molecule has 1 atom stereocenters. The summed E-state index contributed by atoms with van der Waals surface area (Å²) in [5.74, 6) is -0.548. The van der Waals surface area contributed by atoms with Gasteiger partial charge in [0.25, 0.3) is 5.91 Å². The molecule has 1 aromatic carbocycles. The van der Waals surface area contributed by atoms with E-state index >= 15 is 0 Å². The molecule has 0 saturated heterocycles. The minimum atomic E-state index is -1.65. The largest absolute Gasteiger partial charge is 0.387 e. The number of nitrogens with one attached hydrogen (secondary N) is 3. The molecule has 4 heterocycles. The van der Waals surface area contributed by atoms with E-state index < -0.39 is 17.7 Å². The highest BCUT2D eigenvalue weighted by Crippen LogP contribution is 2.28. The van der Waals surface area contributed by atoms with Crippen molar-refractivity contribution >= 4 is 33.8 Å². The normalized spacial score (nSPS) is 12.4. The van der Waals surface area contributed by atoms with Crippen molar-refractivity contribution < 1.29 is 14.3 Å². The fourth-order valence-corrected chi connectivity index (χ4v) is 3.83. The van der Waals surface area contributed by atoms with Crippen LogP contribution in [0.25, 0.3) is 27.9 Å². The van der Waals surface area contributed by atoms with Gasteiger partial charge in [0.2, 0.25) is 0 Å². The van der Waals surface area contributed by atoms with E-state index in [1.165, 1.54) is 26.2 Å².